The van der Waals surface area contributed by atoms with Crippen molar-refractivity contribution < 1.29 is 31.4 Å². The molecule has 0 fully saturated rings. The van der Waals surface area contributed by atoms with E-state index in [0.29, 0.717) is 23.8 Å². The number of benzene rings is 3. The van der Waals surface area contributed by atoms with Crippen molar-refractivity contribution >= 4 is 0 Å². The van der Waals surface area contributed by atoms with Gasteiger partial charge in [-0.1, -0.05) is 30.3 Å². The van der Waals surface area contributed by atoms with Crippen LogP contribution in [-0.4, -0.2) is 0 Å². The molecule has 2 nitrogen and oxygen atoms in total. The number of alkyl halides is 2. The third-order valence-corrected chi connectivity index (χ3v) is 3.82. The van der Waals surface area contributed by atoms with Crippen molar-refractivity contribution in [1.29, 1.82) is 0 Å². The average Bonchev–Trinajstić information content (AvgIpc) is 2.58. The van der Waals surface area contributed by atoms with E-state index in [1.807, 2.05) is 0 Å². The number of ether oxygens (including phenoxy) is 2. The first-order chi connectivity index (χ1) is 13.2. The van der Waals surface area contributed by atoms with Gasteiger partial charge in [0.25, 0.3) is 0 Å². The van der Waals surface area contributed by atoms with Crippen molar-refractivity contribution in [2.45, 2.75) is 19.6 Å². The first-order valence-corrected chi connectivity index (χ1v) is 8.25. The van der Waals surface area contributed by atoms with E-state index in [2.05, 4.69) is 4.74 Å². The van der Waals surface area contributed by atoms with Gasteiger partial charge in [0, 0.05) is 18.2 Å². The van der Waals surface area contributed by atoms with Gasteiger partial charge in [-0.2, -0.15) is 8.78 Å². The Labute approximate surface area is 158 Å². The molecule has 0 aromatic heterocycles. The summed E-state index contributed by atoms with van der Waals surface area (Å²) in [5.74, 6) is -4.69. The van der Waals surface area contributed by atoms with Crippen molar-refractivity contribution in [3.05, 3.63) is 94.8 Å². The molecule has 0 radical (unpaired) electrons. The lowest BCUT2D eigenvalue weighted by molar-refractivity contribution is -0.189. The van der Waals surface area contributed by atoms with Crippen LogP contribution in [0.4, 0.5) is 22.0 Å². The molecule has 0 aliphatic heterocycles. The zero-order chi connectivity index (χ0) is 20.3. The Morgan fingerprint density at radius 1 is 0.821 bits per heavy atom. The Balaban J connectivity index is 1.82. The normalized spacial score (nSPS) is 11.4. The molecule has 0 spiro atoms. The molecule has 146 valence electrons. The molecule has 0 unspecified atom stereocenters. The molecule has 3 rings (SSSR count). The maximum absolute atomic E-state index is 14.3. The molecule has 28 heavy (non-hydrogen) atoms. The van der Waals surface area contributed by atoms with Crippen LogP contribution in [0.5, 0.6) is 11.5 Å². The van der Waals surface area contributed by atoms with Crippen LogP contribution in [0.15, 0.2) is 60.7 Å². The van der Waals surface area contributed by atoms with Gasteiger partial charge in [-0.05, 0) is 30.2 Å². The van der Waals surface area contributed by atoms with Gasteiger partial charge < -0.3 is 9.47 Å². The van der Waals surface area contributed by atoms with E-state index in [0.717, 1.165) is 17.7 Å². The van der Waals surface area contributed by atoms with Gasteiger partial charge in [0.1, 0.15) is 41.1 Å². The quantitative estimate of drug-likeness (QED) is 0.469. The van der Waals surface area contributed by atoms with Gasteiger partial charge in [0.15, 0.2) is 0 Å². The number of hydrogen-bond acceptors (Lipinski definition) is 2. The lowest BCUT2D eigenvalue weighted by Gasteiger charge is -2.20. The minimum atomic E-state index is -4.35. The van der Waals surface area contributed by atoms with Crippen LogP contribution in [0, 0.1) is 24.4 Å². The summed E-state index contributed by atoms with van der Waals surface area (Å²) in [7, 11) is 0. The molecule has 0 aliphatic carbocycles. The highest BCUT2D eigenvalue weighted by atomic mass is 19.3. The monoisotopic (exact) mass is 394 g/mol. The Kier molecular flexibility index (Phi) is 5.53. The number of aryl methyl sites for hydroxylation is 1. The minimum absolute atomic E-state index is 0.00846. The summed E-state index contributed by atoms with van der Waals surface area (Å²) in [6, 6.07) is 13.0. The highest BCUT2D eigenvalue weighted by molar-refractivity contribution is 5.34. The summed E-state index contributed by atoms with van der Waals surface area (Å²) in [6.45, 7) is 1.47. The van der Waals surface area contributed by atoms with Crippen LogP contribution in [0.25, 0.3) is 0 Å². The first kappa shape index (κ1) is 19.7. The summed E-state index contributed by atoms with van der Waals surface area (Å²) in [6.07, 6.45) is -4.35. The Morgan fingerprint density at radius 2 is 1.46 bits per heavy atom. The van der Waals surface area contributed by atoms with Crippen LogP contribution < -0.4 is 9.47 Å². The van der Waals surface area contributed by atoms with Gasteiger partial charge in [0.2, 0.25) is 0 Å². The zero-order valence-corrected chi connectivity index (χ0v) is 14.7. The van der Waals surface area contributed by atoms with Crippen molar-refractivity contribution in [3.8, 4) is 11.5 Å². The summed E-state index contributed by atoms with van der Waals surface area (Å²) in [4.78, 5) is 0. The largest absolute Gasteiger partial charge is 0.489 e. The van der Waals surface area contributed by atoms with E-state index in [1.54, 1.807) is 30.3 Å². The molecular weight excluding hydrogens is 379 g/mol. The maximum atomic E-state index is 14.3. The van der Waals surface area contributed by atoms with Crippen LogP contribution in [0.2, 0.25) is 0 Å². The fourth-order valence-corrected chi connectivity index (χ4v) is 2.61. The summed E-state index contributed by atoms with van der Waals surface area (Å²) >= 11 is 0. The molecule has 0 atom stereocenters. The second-order valence-electron chi connectivity index (χ2n) is 6.12. The number of halogens is 5. The minimum Gasteiger partial charge on any atom is -0.489 e. The fraction of sp³-hybridized carbons (Fsp3) is 0.143. The average molecular weight is 394 g/mol. The summed E-state index contributed by atoms with van der Waals surface area (Å²) < 4.78 is 80.2. The molecule has 3 aromatic carbocycles. The molecule has 0 saturated heterocycles. The van der Waals surface area contributed by atoms with Crippen molar-refractivity contribution in [2.75, 3.05) is 0 Å². The lowest BCUT2D eigenvalue weighted by atomic mass is 10.1. The smallest absolute Gasteiger partial charge is 0.432 e. The highest BCUT2D eigenvalue weighted by Crippen LogP contribution is 2.37. The van der Waals surface area contributed by atoms with Gasteiger partial charge in [-0.3, -0.25) is 0 Å². The third kappa shape index (κ3) is 4.60. The molecule has 0 aliphatic rings. The van der Waals surface area contributed by atoms with Crippen molar-refractivity contribution in [1.82, 2.24) is 0 Å². The third-order valence-electron chi connectivity index (χ3n) is 3.82. The molecule has 0 heterocycles. The van der Waals surface area contributed by atoms with Gasteiger partial charge >= 0.3 is 6.11 Å². The van der Waals surface area contributed by atoms with E-state index in [1.165, 1.54) is 6.92 Å². The van der Waals surface area contributed by atoms with Crippen LogP contribution in [-0.2, 0) is 12.7 Å². The molecular formula is C21H15F5O2. The summed E-state index contributed by atoms with van der Waals surface area (Å²) in [5, 5.41) is 0. The summed E-state index contributed by atoms with van der Waals surface area (Å²) in [5.41, 5.74) is -0.527. The Morgan fingerprint density at radius 3 is 2.07 bits per heavy atom. The first-order valence-electron chi connectivity index (χ1n) is 8.25. The fourth-order valence-electron chi connectivity index (χ4n) is 2.61. The molecule has 0 amide bonds. The van der Waals surface area contributed by atoms with E-state index in [-0.39, 0.29) is 12.4 Å². The highest BCUT2D eigenvalue weighted by Gasteiger charge is 2.41. The number of rotatable bonds is 6. The second-order valence-corrected chi connectivity index (χ2v) is 6.12. The van der Waals surface area contributed by atoms with Gasteiger partial charge in [-0.15, -0.1) is 0 Å². The maximum Gasteiger partial charge on any atom is 0.432 e. The Bertz CT molecular complexity index is 931. The van der Waals surface area contributed by atoms with Crippen molar-refractivity contribution in [3.63, 3.8) is 0 Å². The van der Waals surface area contributed by atoms with E-state index in [4.69, 9.17) is 4.74 Å². The molecule has 0 bridgehead atoms. The molecule has 7 heteroatoms. The van der Waals surface area contributed by atoms with Crippen LogP contribution >= 0.6 is 0 Å². The zero-order valence-electron chi connectivity index (χ0n) is 14.7. The van der Waals surface area contributed by atoms with Crippen molar-refractivity contribution in [2.24, 2.45) is 0 Å². The van der Waals surface area contributed by atoms with Gasteiger partial charge in [0.05, 0.1) is 0 Å². The standard InChI is InChI=1S/C21H15F5O2/c1-13-7-15(22)9-17(8-13)28-21(25,26)20-18(23)10-16(11-19(20)24)27-12-14-5-3-2-4-6-14/h2-11H,12H2,1H3. The molecule has 0 saturated carbocycles. The van der Waals surface area contributed by atoms with E-state index >= 15 is 0 Å². The SMILES string of the molecule is Cc1cc(F)cc(OC(F)(F)c2c(F)cc(OCc3ccccc3)cc2F)c1. The van der Waals surface area contributed by atoms with E-state index < -0.39 is 34.9 Å². The van der Waals surface area contributed by atoms with E-state index in [9.17, 15) is 22.0 Å². The number of hydrogen-bond donors (Lipinski definition) is 0. The lowest BCUT2D eigenvalue weighted by Crippen LogP contribution is -2.25. The van der Waals surface area contributed by atoms with Crippen LogP contribution in [0.1, 0.15) is 16.7 Å². The van der Waals surface area contributed by atoms with Gasteiger partial charge in [-0.25, -0.2) is 13.2 Å². The second kappa shape index (κ2) is 7.88. The van der Waals surface area contributed by atoms with Crippen LogP contribution in [0.3, 0.4) is 0 Å². The molecule has 3 aromatic rings. The topological polar surface area (TPSA) is 18.5 Å². The predicted molar refractivity (Wildman–Crippen MR) is 92.8 cm³/mol. The molecule has 0 N–H and O–H groups in total. The Hall–Kier alpha value is -3.09. The predicted octanol–water partition coefficient (Wildman–Crippen LogP) is 6.12.